The Labute approximate surface area is 220 Å². The fraction of sp³-hybridized carbons (Fsp3) is 0.552. The zero-order valence-corrected chi connectivity index (χ0v) is 21.8. The second-order valence-corrected chi connectivity index (χ2v) is 10.6. The molecular weight excluding hydrogens is 464 g/mol. The van der Waals surface area contributed by atoms with Crippen LogP contribution in [0.5, 0.6) is 0 Å². The van der Waals surface area contributed by atoms with Crippen molar-refractivity contribution in [1.82, 2.24) is 20.1 Å². The van der Waals surface area contributed by atoms with E-state index in [1.807, 2.05) is 6.07 Å². The van der Waals surface area contributed by atoms with E-state index in [2.05, 4.69) is 25.4 Å². The van der Waals surface area contributed by atoms with E-state index in [-0.39, 0.29) is 11.9 Å². The van der Waals surface area contributed by atoms with E-state index in [4.69, 9.17) is 0 Å². The lowest BCUT2D eigenvalue weighted by Gasteiger charge is -2.32. The molecule has 1 aromatic heterocycles. The Balaban J connectivity index is 1.07. The van der Waals surface area contributed by atoms with Crippen LogP contribution < -0.4 is 15.5 Å². The highest BCUT2D eigenvalue weighted by Crippen LogP contribution is 2.36. The van der Waals surface area contributed by atoms with E-state index in [0.29, 0.717) is 29.3 Å². The van der Waals surface area contributed by atoms with Gasteiger partial charge in [-0.1, -0.05) is 31.4 Å². The highest BCUT2D eigenvalue weighted by molar-refractivity contribution is 6.16. The van der Waals surface area contributed by atoms with Gasteiger partial charge in [0.1, 0.15) is 0 Å². The number of benzene rings is 1. The second-order valence-electron chi connectivity index (χ2n) is 10.6. The number of carbonyl (C=O) groups excluding carboxylic acids is 2. The summed E-state index contributed by atoms with van der Waals surface area (Å²) in [4.78, 5) is 37.1. The van der Waals surface area contributed by atoms with E-state index >= 15 is 0 Å². The number of nitrogens with one attached hydrogen (secondary N) is 2. The number of urea groups is 1. The van der Waals surface area contributed by atoms with Crippen LogP contribution in [0.1, 0.15) is 61.7 Å². The van der Waals surface area contributed by atoms with Crippen molar-refractivity contribution in [2.75, 3.05) is 56.0 Å². The van der Waals surface area contributed by atoms with Crippen LogP contribution in [-0.2, 0) is 0 Å². The van der Waals surface area contributed by atoms with Crippen molar-refractivity contribution in [3.8, 4) is 0 Å². The summed E-state index contributed by atoms with van der Waals surface area (Å²) in [5, 5.41) is 5.95. The Hall–Kier alpha value is -2.97. The van der Waals surface area contributed by atoms with Crippen LogP contribution in [0.2, 0.25) is 0 Å². The predicted molar refractivity (Wildman–Crippen MR) is 147 cm³/mol. The van der Waals surface area contributed by atoms with Gasteiger partial charge in [0.25, 0.3) is 5.91 Å². The smallest absolute Gasteiger partial charge is 0.327 e. The van der Waals surface area contributed by atoms with Gasteiger partial charge in [-0.05, 0) is 95.0 Å². The molecule has 1 aromatic carbocycles. The van der Waals surface area contributed by atoms with Crippen LogP contribution in [0, 0.1) is 5.92 Å². The number of rotatable bonds is 8. The largest absolute Gasteiger partial charge is 0.336 e. The number of piperidine rings is 2. The summed E-state index contributed by atoms with van der Waals surface area (Å²) in [7, 11) is 0. The Morgan fingerprint density at radius 2 is 1.73 bits per heavy atom. The number of unbranched alkanes of at least 4 members (excludes halogenated alkanes) is 1. The SMILES string of the molecule is O=C1Nc2cccnc2N(C(=O)NCCN2CCC(CCCCN3CCCCC3)CC2)c2ccccc21. The molecule has 4 heterocycles. The molecule has 5 rings (SSSR count). The van der Waals surface area contributed by atoms with Gasteiger partial charge in [-0.3, -0.25) is 4.79 Å². The number of anilines is 3. The predicted octanol–water partition coefficient (Wildman–Crippen LogP) is 4.86. The topological polar surface area (TPSA) is 80.8 Å². The number of aromatic nitrogens is 1. The van der Waals surface area contributed by atoms with Crippen LogP contribution >= 0.6 is 0 Å². The maximum atomic E-state index is 13.4. The first-order valence-electron chi connectivity index (χ1n) is 14.1. The first kappa shape index (κ1) is 25.7. The molecule has 0 bridgehead atoms. The van der Waals surface area contributed by atoms with Crippen LogP contribution in [0.25, 0.3) is 0 Å². The minimum atomic E-state index is -0.271. The number of likely N-dealkylation sites (tertiary alicyclic amines) is 2. The number of fused-ring (bicyclic) bond motifs is 2. The average molecular weight is 505 g/mol. The third-order valence-electron chi connectivity index (χ3n) is 8.04. The summed E-state index contributed by atoms with van der Waals surface area (Å²) < 4.78 is 0. The highest BCUT2D eigenvalue weighted by atomic mass is 16.2. The number of para-hydroxylation sites is 1. The number of amides is 3. The number of hydrogen-bond acceptors (Lipinski definition) is 5. The molecule has 8 heteroatoms. The quantitative estimate of drug-likeness (QED) is 0.502. The van der Waals surface area contributed by atoms with Gasteiger partial charge in [-0.2, -0.15) is 0 Å². The number of hydrogen-bond donors (Lipinski definition) is 2. The molecule has 3 aliphatic rings. The molecule has 3 amide bonds. The van der Waals surface area contributed by atoms with Crippen molar-refractivity contribution in [2.45, 2.75) is 51.4 Å². The molecular formula is C29H40N6O2. The van der Waals surface area contributed by atoms with Gasteiger partial charge < -0.3 is 20.4 Å². The lowest BCUT2D eigenvalue weighted by molar-refractivity contribution is 0.102. The van der Waals surface area contributed by atoms with Crippen molar-refractivity contribution in [3.05, 3.63) is 48.2 Å². The number of nitrogens with zero attached hydrogens (tertiary/aromatic N) is 4. The number of pyridine rings is 1. The van der Waals surface area contributed by atoms with Crippen molar-refractivity contribution in [3.63, 3.8) is 0 Å². The summed E-state index contributed by atoms with van der Waals surface area (Å²) in [6, 6.07) is 10.4. The highest BCUT2D eigenvalue weighted by Gasteiger charge is 2.30. The Bertz CT molecular complexity index is 1060. The molecule has 0 aliphatic carbocycles. The lowest BCUT2D eigenvalue weighted by Crippen LogP contribution is -2.43. The first-order chi connectivity index (χ1) is 18.2. The van der Waals surface area contributed by atoms with E-state index in [9.17, 15) is 9.59 Å². The monoisotopic (exact) mass is 504 g/mol. The minimum absolute atomic E-state index is 0.241. The lowest BCUT2D eigenvalue weighted by atomic mass is 9.91. The molecule has 2 fully saturated rings. The van der Waals surface area contributed by atoms with E-state index in [1.54, 1.807) is 36.5 Å². The van der Waals surface area contributed by atoms with Crippen LogP contribution in [0.4, 0.5) is 22.0 Å². The second kappa shape index (κ2) is 12.5. The molecule has 37 heavy (non-hydrogen) atoms. The van der Waals surface area contributed by atoms with Crippen molar-refractivity contribution >= 4 is 29.1 Å². The van der Waals surface area contributed by atoms with Crippen molar-refractivity contribution < 1.29 is 9.59 Å². The molecule has 0 atom stereocenters. The minimum Gasteiger partial charge on any atom is -0.336 e. The molecule has 2 saturated heterocycles. The van der Waals surface area contributed by atoms with Gasteiger partial charge in [-0.25, -0.2) is 14.7 Å². The van der Waals surface area contributed by atoms with Crippen LogP contribution in [0.3, 0.4) is 0 Å². The zero-order chi connectivity index (χ0) is 25.5. The fourth-order valence-electron chi connectivity index (χ4n) is 5.89. The van der Waals surface area contributed by atoms with Crippen LogP contribution in [-0.4, -0.2) is 72.5 Å². The summed E-state index contributed by atoms with van der Waals surface area (Å²) in [6.45, 7) is 7.47. The van der Waals surface area contributed by atoms with E-state index in [0.717, 1.165) is 25.6 Å². The summed E-state index contributed by atoms with van der Waals surface area (Å²) >= 11 is 0. The third kappa shape index (κ3) is 6.48. The van der Waals surface area contributed by atoms with Gasteiger partial charge >= 0.3 is 6.03 Å². The van der Waals surface area contributed by atoms with Gasteiger partial charge in [0.05, 0.1) is 16.9 Å². The van der Waals surface area contributed by atoms with Gasteiger partial charge in [0.15, 0.2) is 5.82 Å². The summed E-state index contributed by atoms with van der Waals surface area (Å²) in [5.41, 5.74) is 1.52. The molecule has 0 saturated carbocycles. The normalized spacial score (nSPS) is 19.0. The Morgan fingerprint density at radius 1 is 0.946 bits per heavy atom. The molecule has 2 aromatic rings. The van der Waals surface area contributed by atoms with Crippen molar-refractivity contribution in [2.24, 2.45) is 5.92 Å². The average Bonchev–Trinajstić information content (AvgIpc) is 3.06. The van der Waals surface area contributed by atoms with E-state index < -0.39 is 0 Å². The molecule has 0 spiro atoms. The Morgan fingerprint density at radius 3 is 2.57 bits per heavy atom. The molecule has 198 valence electrons. The molecule has 0 unspecified atom stereocenters. The molecule has 3 aliphatic heterocycles. The third-order valence-corrected chi connectivity index (χ3v) is 8.04. The number of carbonyl (C=O) groups is 2. The maximum Gasteiger partial charge on any atom is 0.327 e. The van der Waals surface area contributed by atoms with Crippen molar-refractivity contribution in [1.29, 1.82) is 0 Å². The zero-order valence-electron chi connectivity index (χ0n) is 21.8. The standard InChI is InChI=1S/C29H40N6O2/c36-28-24-10-2-3-12-26(24)35(27-25(32-28)11-8-15-30-27)29(37)31-16-22-34-20-13-23(14-21-34)9-4-7-19-33-17-5-1-6-18-33/h2-3,8,10-12,15,23H,1,4-7,9,13-14,16-22H2,(H,31,37)(H,32,36). The van der Waals surface area contributed by atoms with Crippen LogP contribution in [0.15, 0.2) is 42.6 Å². The first-order valence-corrected chi connectivity index (χ1v) is 14.1. The van der Waals surface area contributed by atoms with E-state index in [1.165, 1.54) is 75.9 Å². The molecule has 0 radical (unpaired) electrons. The van der Waals surface area contributed by atoms with Gasteiger partial charge in [0.2, 0.25) is 0 Å². The Kier molecular flexibility index (Phi) is 8.68. The molecule has 2 N–H and O–H groups in total. The van der Waals surface area contributed by atoms with Gasteiger partial charge in [-0.15, -0.1) is 0 Å². The molecule has 8 nitrogen and oxygen atoms in total. The summed E-state index contributed by atoms with van der Waals surface area (Å²) in [5.74, 6) is 1.03. The maximum absolute atomic E-state index is 13.4. The van der Waals surface area contributed by atoms with Gasteiger partial charge in [0, 0.05) is 19.3 Å². The fourth-order valence-corrected chi connectivity index (χ4v) is 5.89. The summed E-state index contributed by atoms with van der Waals surface area (Å²) in [6.07, 6.45) is 12.4.